The van der Waals surface area contributed by atoms with E-state index in [1.807, 2.05) is 0 Å². The van der Waals surface area contributed by atoms with E-state index in [0.29, 0.717) is 0 Å². The van der Waals surface area contributed by atoms with E-state index in [9.17, 15) is 8.42 Å². The average Bonchev–Trinajstić information content (AvgIpc) is 2.87. The first-order valence-corrected chi connectivity index (χ1v) is 8.95. The minimum absolute atomic E-state index is 0.0849. The highest BCUT2D eigenvalue weighted by molar-refractivity contribution is 8.24. The van der Waals surface area contributed by atoms with Gasteiger partial charge in [0.05, 0.1) is 23.7 Å². The van der Waals surface area contributed by atoms with E-state index in [-0.39, 0.29) is 28.9 Å². The Morgan fingerprint density at radius 2 is 2.29 bits per heavy atom. The summed E-state index contributed by atoms with van der Waals surface area (Å²) in [5.41, 5.74) is 0. The van der Waals surface area contributed by atoms with Crippen molar-refractivity contribution in [2.24, 2.45) is 0 Å². The second-order valence-corrected chi connectivity index (χ2v) is 8.88. The van der Waals surface area contributed by atoms with Gasteiger partial charge in [-0.25, -0.2) is 8.42 Å². The van der Waals surface area contributed by atoms with E-state index in [2.05, 4.69) is 4.90 Å². The van der Waals surface area contributed by atoms with Crippen LogP contribution in [0.4, 0.5) is 0 Å². The summed E-state index contributed by atoms with van der Waals surface area (Å²) in [5, 5.41) is 0.147. The van der Waals surface area contributed by atoms with Crippen molar-refractivity contribution in [2.75, 3.05) is 24.7 Å². The minimum Gasteiger partial charge on any atom is -0.376 e. The topological polar surface area (TPSA) is 46.6 Å². The van der Waals surface area contributed by atoms with Crippen LogP contribution in [0, 0.1) is 0 Å². The van der Waals surface area contributed by atoms with Crippen LogP contribution in [-0.2, 0) is 14.6 Å². The van der Waals surface area contributed by atoms with Crippen molar-refractivity contribution in [3.05, 3.63) is 0 Å². The molecule has 3 saturated heterocycles. The van der Waals surface area contributed by atoms with Crippen molar-refractivity contribution in [3.8, 4) is 0 Å². The van der Waals surface area contributed by atoms with E-state index in [1.54, 1.807) is 11.8 Å². The number of thioether (sulfide) groups is 1. The largest absolute Gasteiger partial charge is 0.376 e. The number of sulfone groups is 1. The highest BCUT2D eigenvalue weighted by Gasteiger charge is 2.48. The average molecular weight is 293 g/mol. The molecule has 0 amide bonds. The van der Waals surface area contributed by atoms with Gasteiger partial charge in [0.2, 0.25) is 0 Å². The van der Waals surface area contributed by atoms with Crippen LogP contribution in [0.2, 0.25) is 0 Å². The van der Waals surface area contributed by atoms with E-state index in [0.717, 1.165) is 30.3 Å². The Labute approximate surface area is 111 Å². The molecule has 0 bridgehead atoms. The Morgan fingerprint density at radius 1 is 1.47 bits per heavy atom. The van der Waals surface area contributed by atoms with Crippen LogP contribution in [0.25, 0.3) is 0 Å². The predicted octanol–water partition coefficient (Wildman–Crippen LogP) is 0.665. The number of rotatable bonds is 2. The molecule has 0 aromatic heterocycles. The third kappa shape index (κ3) is 2.34. The lowest BCUT2D eigenvalue weighted by molar-refractivity contribution is 0.0874. The summed E-state index contributed by atoms with van der Waals surface area (Å²) >= 11 is 6.90. The molecule has 4 nitrogen and oxygen atoms in total. The monoisotopic (exact) mass is 293 g/mol. The predicted molar refractivity (Wildman–Crippen MR) is 72.1 cm³/mol. The van der Waals surface area contributed by atoms with Gasteiger partial charge in [0.25, 0.3) is 0 Å². The number of hydrogen-bond acceptors (Lipinski definition) is 5. The Hall–Kier alpha value is 0.150. The van der Waals surface area contributed by atoms with Crippen molar-refractivity contribution < 1.29 is 13.2 Å². The van der Waals surface area contributed by atoms with Crippen LogP contribution in [0.3, 0.4) is 0 Å². The second-order valence-electron chi connectivity index (χ2n) is 4.85. The normalized spacial score (nSPS) is 39.9. The lowest BCUT2D eigenvalue weighted by Crippen LogP contribution is -2.41. The molecule has 0 aromatic carbocycles. The maximum atomic E-state index is 11.6. The summed E-state index contributed by atoms with van der Waals surface area (Å²) in [5.74, 6) is 0.544. The zero-order valence-corrected chi connectivity index (χ0v) is 11.8. The maximum absolute atomic E-state index is 11.6. The zero-order valence-electron chi connectivity index (χ0n) is 9.37. The van der Waals surface area contributed by atoms with E-state index in [4.69, 9.17) is 17.0 Å². The molecule has 0 unspecified atom stereocenters. The maximum Gasteiger partial charge on any atom is 0.153 e. The fourth-order valence-electron chi connectivity index (χ4n) is 2.75. The standard InChI is InChI=1S/C10H15NO3S3/c12-17(13)5-8-9(6-17)16-10(15)11(8)4-7-2-1-3-14-7/h7-9H,1-6H2/t7-,8+,9+/m1/s1. The molecule has 3 aliphatic rings. The molecule has 17 heavy (non-hydrogen) atoms. The van der Waals surface area contributed by atoms with Gasteiger partial charge in [0.15, 0.2) is 9.84 Å². The van der Waals surface area contributed by atoms with Crippen LogP contribution in [-0.4, -0.2) is 59.7 Å². The van der Waals surface area contributed by atoms with Crippen molar-refractivity contribution in [2.45, 2.75) is 30.2 Å². The summed E-state index contributed by atoms with van der Waals surface area (Å²) in [6.45, 7) is 1.59. The molecule has 7 heteroatoms. The van der Waals surface area contributed by atoms with Crippen LogP contribution in [0.1, 0.15) is 12.8 Å². The van der Waals surface area contributed by atoms with Gasteiger partial charge in [-0.05, 0) is 12.8 Å². The van der Waals surface area contributed by atoms with E-state index < -0.39 is 9.84 Å². The first kappa shape index (κ1) is 12.2. The molecular weight excluding hydrogens is 278 g/mol. The molecule has 96 valence electrons. The number of ether oxygens (including phenoxy) is 1. The molecule has 0 N–H and O–H groups in total. The molecule has 0 radical (unpaired) electrons. The SMILES string of the molecule is O=S1(=O)C[C@@H]2SC(=S)N(C[C@H]3CCCO3)[C@H]2C1. The summed E-state index contributed by atoms with van der Waals surface area (Å²) in [6, 6.07) is 0.0849. The van der Waals surface area contributed by atoms with Crippen molar-refractivity contribution in [3.63, 3.8) is 0 Å². The van der Waals surface area contributed by atoms with E-state index >= 15 is 0 Å². The zero-order chi connectivity index (χ0) is 12.0. The Bertz CT molecular complexity index is 430. The van der Waals surface area contributed by atoms with Gasteiger partial charge >= 0.3 is 0 Å². The summed E-state index contributed by atoms with van der Waals surface area (Å²) < 4.78 is 29.7. The number of nitrogens with zero attached hydrogens (tertiary/aromatic N) is 1. The molecule has 0 spiro atoms. The number of thiocarbonyl (C=S) groups is 1. The third-order valence-electron chi connectivity index (χ3n) is 3.58. The van der Waals surface area contributed by atoms with Gasteiger partial charge in [0, 0.05) is 18.4 Å². The van der Waals surface area contributed by atoms with Gasteiger partial charge in [-0.15, -0.1) is 0 Å². The summed E-state index contributed by atoms with van der Waals surface area (Å²) in [6.07, 6.45) is 2.40. The van der Waals surface area contributed by atoms with Crippen molar-refractivity contribution in [1.29, 1.82) is 0 Å². The molecular formula is C10H15NO3S3. The lowest BCUT2D eigenvalue weighted by atomic mass is 10.2. The van der Waals surface area contributed by atoms with Crippen molar-refractivity contribution in [1.82, 2.24) is 4.90 Å². The fourth-order valence-corrected chi connectivity index (χ4v) is 7.14. The summed E-state index contributed by atoms with van der Waals surface area (Å²) in [7, 11) is -2.86. The molecule has 3 atom stereocenters. The highest BCUT2D eigenvalue weighted by Crippen LogP contribution is 2.38. The number of fused-ring (bicyclic) bond motifs is 1. The molecule has 3 fully saturated rings. The smallest absolute Gasteiger partial charge is 0.153 e. The molecule has 3 heterocycles. The Kier molecular flexibility index (Phi) is 3.13. The first-order valence-electron chi connectivity index (χ1n) is 5.84. The first-order chi connectivity index (χ1) is 8.05. The Balaban J connectivity index is 1.72. The quantitative estimate of drug-likeness (QED) is 0.697. The van der Waals surface area contributed by atoms with Crippen LogP contribution in [0.15, 0.2) is 0 Å². The third-order valence-corrected chi connectivity index (χ3v) is 7.25. The van der Waals surface area contributed by atoms with Crippen LogP contribution < -0.4 is 0 Å². The fraction of sp³-hybridized carbons (Fsp3) is 0.900. The van der Waals surface area contributed by atoms with Gasteiger partial charge < -0.3 is 9.64 Å². The minimum atomic E-state index is -2.86. The highest BCUT2D eigenvalue weighted by atomic mass is 32.2. The Morgan fingerprint density at radius 3 is 3.00 bits per heavy atom. The molecule has 0 aliphatic carbocycles. The van der Waals surface area contributed by atoms with Crippen LogP contribution in [0.5, 0.6) is 0 Å². The molecule has 0 saturated carbocycles. The molecule has 3 aliphatic heterocycles. The molecule has 3 rings (SSSR count). The van der Waals surface area contributed by atoms with Gasteiger partial charge in [-0.1, -0.05) is 24.0 Å². The number of hydrogen-bond donors (Lipinski definition) is 0. The van der Waals surface area contributed by atoms with Crippen molar-refractivity contribution >= 4 is 38.1 Å². The second kappa shape index (κ2) is 4.36. The van der Waals surface area contributed by atoms with E-state index in [1.165, 1.54) is 0 Å². The van der Waals surface area contributed by atoms with Gasteiger partial charge in [0.1, 0.15) is 4.32 Å². The van der Waals surface area contributed by atoms with Gasteiger partial charge in [-0.2, -0.15) is 0 Å². The van der Waals surface area contributed by atoms with Gasteiger partial charge in [-0.3, -0.25) is 0 Å². The molecule has 0 aromatic rings. The summed E-state index contributed by atoms with van der Waals surface area (Å²) in [4.78, 5) is 2.09. The van der Waals surface area contributed by atoms with Crippen LogP contribution >= 0.6 is 24.0 Å². The lowest BCUT2D eigenvalue weighted by Gasteiger charge is -2.26.